The number of rotatable bonds is 6. The number of amides is 2. The van der Waals surface area contributed by atoms with Crippen LogP contribution in [0.1, 0.15) is 38.3 Å². The van der Waals surface area contributed by atoms with Crippen LogP contribution in [0.4, 0.5) is 11.4 Å². The number of nitrogens with zero attached hydrogens (tertiary/aromatic N) is 1. The first kappa shape index (κ1) is 21.0. The summed E-state index contributed by atoms with van der Waals surface area (Å²) in [6, 6.07) is 14.4. The van der Waals surface area contributed by atoms with Gasteiger partial charge in [0.05, 0.1) is 6.07 Å². The molecular formula is C22H25N3O3. The quantitative estimate of drug-likeness (QED) is 0.788. The largest absolute Gasteiger partial charge is 0.483 e. The van der Waals surface area contributed by atoms with Crippen LogP contribution >= 0.6 is 0 Å². The Balaban J connectivity index is 1.95. The Kier molecular flexibility index (Phi) is 6.78. The molecule has 0 aliphatic heterocycles. The summed E-state index contributed by atoms with van der Waals surface area (Å²) in [5.41, 5.74) is 3.25. The lowest BCUT2D eigenvalue weighted by atomic mass is 9.85. The second-order valence-electron chi connectivity index (χ2n) is 7.55. The third-order valence-electron chi connectivity index (χ3n) is 3.99. The van der Waals surface area contributed by atoms with Gasteiger partial charge in [0.2, 0.25) is 5.91 Å². The van der Waals surface area contributed by atoms with Crippen LogP contribution in [0.3, 0.4) is 0 Å². The maximum atomic E-state index is 12.2. The number of carbonyl (C=O) groups is 2. The Morgan fingerprint density at radius 2 is 1.57 bits per heavy atom. The van der Waals surface area contributed by atoms with E-state index in [1.54, 1.807) is 30.3 Å². The van der Waals surface area contributed by atoms with Gasteiger partial charge < -0.3 is 15.4 Å². The van der Waals surface area contributed by atoms with E-state index in [0.717, 1.165) is 11.1 Å². The zero-order valence-corrected chi connectivity index (χ0v) is 16.6. The van der Waals surface area contributed by atoms with E-state index in [0.29, 0.717) is 17.1 Å². The average Bonchev–Trinajstić information content (AvgIpc) is 2.62. The number of hydrogen-bond donors (Lipinski definition) is 2. The number of nitrogens with one attached hydrogen (secondary N) is 2. The van der Waals surface area contributed by atoms with E-state index in [9.17, 15) is 9.59 Å². The molecule has 2 amide bonds. The van der Waals surface area contributed by atoms with Crippen molar-refractivity contribution >= 4 is 23.2 Å². The van der Waals surface area contributed by atoms with Crippen LogP contribution in [0, 0.1) is 18.3 Å². The van der Waals surface area contributed by atoms with Crippen molar-refractivity contribution in [1.82, 2.24) is 0 Å². The molecule has 2 aromatic carbocycles. The highest BCUT2D eigenvalue weighted by Gasteiger charge is 2.19. The normalized spacial score (nSPS) is 10.7. The van der Waals surface area contributed by atoms with Crippen LogP contribution < -0.4 is 15.4 Å². The molecule has 0 saturated heterocycles. The monoisotopic (exact) mass is 379 g/mol. The molecule has 6 nitrogen and oxygen atoms in total. The molecule has 28 heavy (non-hydrogen) atoms. The molecule has 0 aliphatic carbocycles. The van der Waals surface area contributed by atoms with Crippen molar-refractivity contribution in [3.8, 4) is 11.8 Å². The fourth-order valence-corrected chi connectivity index (χ4v) is 2.61. The number of benzene rings is 2. The molecule has 0 radical (unpaired) electrons. The first-order valence-corrected chi connectivity index (χ1v) is 8.99. The maximum absolute atomic E-state index is 12.2. The van der Waals surface area contributed by atoms with Crippen LogP contribution in [0.15, 0.2) is 42.5 Å². The van der Waals surface area contributed by atoms with Gasteiger partial charge >= 0.3 is 0 Å². The number of aryl methyl sites for hydroxylation is 1. The SMILES string of the molecule is Cc1ccc(OCC(=O)Nc2ccc(NC(=O)CC#N)cc2)c(C(C)(C)C)c1. The standard InChI is InChI=1S/C22H25N3O3/c1-15-5-10-19(18(13-15)22(2,3)4)28-14-21(27)25-17-8-6-16(7-9-17)24-20(26)11-12-23/h5-10,13H,11,14H2,1-4H3,(H,24,26)(H,25,27). The Morgan fingerprint density at radius 1 is 1.00 bits per heavy atom. The third kappa shape index (κ3) is 6.13. The summed E-state index contributed by atoms with van der Waals surface area (Å²) in [7, 11) is 0. The Labute approximate surface area is 165 Å². The van der Waals surface area contributed by atoms with E-state index in [1.807, 2.05) is 19.1 Å². The topological polar surface area (TPSA) is 91.2 Å². The van der Waals surface area contributed by atoms with Crippen LogP contribution in [0.2, 0.25) is 0 Å². The van der Waals surface area contributed by atoms with E-state index in [-0.39, 0.29) is 30.3 Å². The van der Waals surface area contributed by atoms with Gasteiger partial charge in [0.15, 0.2) is 6.61 Å². The summed E-state index contributed by atoms with van der Waals surface area (Å²) in [4.78, 5) is 23.6. The molecule has 0 saturated carbocycles. The fraction of sp³-hybridized carbons (Fsp3) is 0.318. The van der Waals surface area contributed by atoms with E-state index in [4.69, 9.17) is 10.00 Å². The average molecular weight is 379 g/mol. The van der Waals surface area contributed by atoms with Gasteiger partial charge in [-0.2, -0.15) is 5.26 Å². The zero-order valence-electron chi connectivity index (χ0n) is 16.6. The van der Waals surface area contributed by atoms with Crippen molar-refractivity contribution in [2.45, 2.75) is 39.5 Å². The van der Waals surface area contributed by atoms with Crippen molar-refractivity contribution in [1.29, 1.82) is 5.26 Å². The minimum Gasteiger partial charge on any atom is -0.483 e. The van der Waals surface area contributed by atoms with Crippen LogP contribution in [-0.4, -0.2) is 18.4 Å². The van der Waals surface area contributed by atoms with Crippen LogP contribution in [-0.2, 0) is 15.0 Å². The second kappa shape index (κ2) is 9.05. The number of hydrogen-bond acceptors (Lipinski definition) is 4. The molecular weight excluding hydrogens is 354 g/mol. The van der Waals surface area contributed by atoms with Gasteiger partial charge in [-0.05, 0) is 48.2 Å². The summed E-state index contributed by atoms with van der Waals surface area (Å²) in [5, 5.41) is 13.9. The number of nitriles is 1. The molecule has 146 valence electrons. The Bertz CT molecular complexity index is 891. The highest BCUT2D eigenvalue weighted by molar-refractivity contribution is 5.94. The van der Waals surface area contributed by atoms with E-state index < -0.39 is 0 Å². The van der Waals surface area contributed by atoms with Gasteiger partial charge in [-0.15, -0.1) is 0 Å². The molecule has 0 fully saturated rings. The van der Waals surface area contributed by atoms with Gasteiger partial charge in [-0.25, -0.2) is 0 Å². The summed E-state index contributed by atoms with van der Waals surface area (Å²) in [6.07, 6.45) is -0.203. The van der Waals surface area contributed by atoms with Crippen LogP contribution in [0.25, 0.3) is 0 Å². The summed E-state index contributed by atoms with van der Waals surface area (Å²) >= 11 is 0. The Hall–Kier alpha value is -3.33. The minimum atomic E-state index is -0.375. The highest BCUT2D eigenvalue weighted by Crippen LogP contribution is 2.32. The lowest BCUT2D eigenvalue weighted by Crippen LogP contribution is -2.22. The molecule has 0 heterocycles. The van der Waals surface area contributed by atoms with Gasteiger partial charge in [-0.1, -0.05) is 38.5 Å². The molecule has 0 aliphatic rings. The summed E-state index contributed by atoms with van der Waals surface area (Å²) in [5.74, 6) is 0.0472. The molecule has 2 N–H and O–H groups in total. The molecule has 6 heteroatoms. The molecule has 0 bridgehead atoms. The number of anilines is 2. The van der Waals surface area contributed by atoms with Crippen molar-refractivity contribution < 1.29 is 14.3 Å². The molecule has 2 rings (SSSR count). The van der Waals surface area contributed by atoms with E-state index in [2.05, 4.69) is 37.5 Å². The predicted molar refractivity (Wildman–Crippen MR) is 109 cm³/mol. The number of ether oxygens (including phenoxy) is 1. The van der Waals surface area contributed by atoms with E-state index in [1.165, 1.54) is 0 Å². The Morgan fingerprint density at radius 3 is 2.11 bits per heavy atom. The third-order valence-corrected chi connectivity index (χ3v) is 3.99. The van der Waals surface area contributed by atoms with Crippen molar-refractivity contribution in [3.05, 3.63) is 53.6 Å². The highest BCUT2D eigenvalue weighted by atomic mass is 16.5. The smallest absolute Gasteiger partial charge is 0.262 e. The minimum absolute atomic E-state index is 0.0936. The molecule has 0 unspecified atom stereocenters. The first-order chi connectivity index (χ1) is 13.2. The molecule has 0 atom stereocenters. The zero-order chi connectivity index (χ0) is 20.7. The van der Waals surface area contributed by atoms with Crippen LogP contribution in [0.5, 0.6) is 5.75 Å². The van der Waals surface area contributed by atoms with Crippen molar-refractivity contribution in [2.75, 3.05) is 17.2 Å². The molecule has 2 aromatic rings. The lowest BCUT2D eigenvalue weighted by molar-refractivity contribution is -0.118. The first-order valence-electron chi connectivity index (χ1n) is 8.99. The fourth-order valence-electron chi connectivity index (χ4n) is 2.61. The van der Waals surface area contributed by atoms with Crippen molar-refractivity contribution in [3.63, 3.8) is 0 Å². The maximum Gasteiger partial charge on any atom is 0.262 e. The summed E-state index contributed by atoms with van der Waals surface area (Å²) < 4.78 is 5.76. The summed E-state index contributed by atoms with van der Waals surface area (Å²) in [6.45, 7) is 8.23. The van der Waals surface area contributed by atoms with Crippen molar-refractivity contribution in [2.24, 2.45) is 0 Å². The molecule has 0 spiro atoms. The van der Waals surface area contributed by atoms with Gasteiger partial charge in [-0.3, -0.25) is 9.59 Å². The van der Waals surface area contributed by atoms with Gasteiger partial charge in [0.1, 0.15) is 12.2 Å². The van der Waals surface area contributed by atoms with Gasteiger partial charge in [0.25, 0.3) is 5.91 Å². The predicted octanol–water partition coefficient (Wildman–Crippen LogP) is 4.16. The number of carbonyl (C=O) groups excluding carboxylic acids is 2. The van der Waals surface area contributed by atoms with Gasteiger partial charge in [0, 0.05) is 11.4 Å². The lowest BCUT2D eigenvalue weighted by Gasteiger charge is -2.23. The van der Waals surface area contributed by atoms with E-state index >= 15 is 0 Å². The molecule has 0 aromatic heterocycles. The second-order valence-corrected chi connectivity index (χ2v) is 7.55.